The van der Waals surface area contributed by atoms with Crippen LogP contribution in [0.15, 0.2) is 48.5 Å². The first-order valence-corrected chi connectivity index (χ1v) is 11.4. The summed E-state index contributed by atoms with van der Waals surface area (Å²) in [5.74, 6) is -0.957. The van der Waals surface area contributed by atoms with Gasteiger partial charge in [0.2, 0.25) is 5.91 Å². The summed E-state index contributed by atoms with van der Waals surface area (Å²) in [6.45, 7) is 4.50. The van der Waals surface area contributed by atoms with E-state index in [4.69, 9.17) is 9.84 Å². The highest BCUT2D eigenvalue weighted by atomic mass is 16.5. The normalized spacial score (nSPS) is 16.1. The Morgan fingerprint density at radius 1 is 1.00 bits per heavy atom. The lowest BCUT2D eigenvalue weighted by Crippen LogP contribution is -2.57. The molecule has 1 aliphatic carbocycles. The number of amides is 2. The Morgan fingerprint density at radius 3 is 2.09 bits per heavy atom. The van der Waals surface area contributed by atoms with Crippen LogP contribution in [0.1, 0.15) is 50.2 Å². The van der Waals surface area contributed by atoms with Gasteiger partial charge in [0.1, 0.15) is 12.1 Å². The van der Waals surface area contributed by atoms with Gasteiger partial charge in [-0.15, -0.1) is 0 Å². The molecule has 7 heteroatoms. The van der Waals surface area contributed by atoms with Crippen LogP contribution in [0.25, 0.3) is 11.1 Å². The summed E-state index contributed by atoms with van der Waals surface area (Å²) in [5.41, 5.74) is 3.45. The van der Waals surface area contributed by atoms with E-state index in [0.717, 1.165) is 22.3 Å². The van der Waals surface area contributed by atoms with E-state index in [-0.39, 0.29) is 30.8 Å². The van der Waals surface area contributed by atoms with E-state index >= 15 is 0 Å². The Hall–Kier alpha value is -3.35. The average Bonchev–Trinajstić information content (AvgIpc) is 3.11. The quantitative estimate of drug-likeness (QED) is 0.693. The van der Waals surface area contributed by atoms with Gasteiger partial charge in [-0.25, -0.2) is 4.79 Å². The molecule has 2 aliphatic rings. The number of carbonyl (C=O) groups is 3. The smallest absolute Gasteiger partial charge is 0.408 e. The fourth-order valence-corrected chi connectivity index (χ4v) is 4.93. The maximum absolute atomic E-state index is 13.0. The van der Waals surface area contributed by atoms with Crippen molar-refractivity contribution >= 4 is 18.0 Å². The number of rotatable bonds is 6. The number of fused-ring (bicyclic) bond motifs is 3. The van der Waals surface area contributed by atoms with Crippen LogP contribution in [0.2, 0.25) is 0 Å². The van der Waals surface area contributed by atoms with Crippen LogP contribution in [0.4, 0.5) is 4.79 Å². The fraction of sp³-hybridized carbons (Fsp3) is 0.423. The zero-order valence-corrected chi connectivity index (χ0v) is 19.0. The molecule has 4 rings (SSSR count). The number of ether oxygens (including phenoxy) is 1. The lowest BCUT2D eigenvalue weighted by Gasteiger charge is -2.36. The SMILES string of the molecule is CC(C)(NC(=O)OCC1c2ccccc2-c2ccccc21)C(=O)N1CCC(CC(=O)O)CC1. The molecule has 2 amide bonds. The van der Waals surface area contributed by atoms with Crippen molar-refractivity contribution < 1.29 is 24.2 Å². The summed E-state index contributed by atoms with van der Waals surface area (Å²) in [4.78, 5) is 38.3. The van der Waals surface area contributed by atoms with Crippen molar-refractivity contribution in [1.82, 2.24) is 10.2 Å². The van der Waals surface area contributed by atoms with E-state index in [1.807, 2.05) is 24.3 Å². The van der Waals surface area contributed by atoms with E-state index in [1.165, 1.54) is 0 Å². The Kier molecular flexibility index (Phi) is 6.40. The number of hydrogen-bond donors (Lipinski definition) is 2. The molecule has 1 aliphatic heterocycles. The van der Waals surface area contributed by atoms with Crippen molar-refractivity contribution in [2.75, 3.05) is 19.7 Å². The van der Waals surface area contributed by atoms with Crippen LogP contribution >= 0.6 is 0 Å². The van der Waals surface area contributed by atoms with Gasteiger partial charge in [0.15, 0.2) is 0 Å². The molecule has 0 atom stereocenters. The Morgan fingerprint density at radius 2 is 1.55 bits per heavy atom. The van der Waals surface area contributed by atoms with Crippen molar-refractivity contribution in [2.24, 2.45) is 5.92 Å². The minimum absolute atomic E-state index is 0.0461. The highest BCUT2D eigenvalue weighted by Gasteiger charge is 2.36. The van der Waals surface area contributed by atoms with Crippen LogP contribution < -0.4 is 5.32 Å². The lowest BCUT2D eigenvalue weighted by molar-refractivity contribution is -0.140. The third kappa shape index (κ3) is 4.87. The second kappa shape index (κ2) is 9.25. The maximum Gasteiger partial charge on any atom is 0.408 e. The number of carboxylic acids is 1. The van der Waals surface area contributed by atoms with E-state index in [0.29, 0.717) is 25.9 Å². The van der Waals surface area contributed by atoms with Gasteiger partial charge >= 0.3 is 12.1 Å². The molecular weight excluding hydrogens is 420 g/mol. The molecule has 7 nitrogen and oxygen atoms in total. The molecule has 0 unspecified atom stereocenters. The molecule has 1 heterocycles. The number of likely N-dealkylation sites (tertiary alicyclic amines) is 1. The van der Waals surface area contributed by atoms with Gasteiger partial charge in [-0.3, -0.25) is 9.59 Å². The van der Waals surface area contributed by atoms with Crippen molar-refractivity contribution in [3.05, 3.63) is 59.7 Å². The minimum atomic E-state index is -1.12. The van der Waals surface area contributed by atoms with Crippen molar-refractivity contribution in [1.29, 1.82) is 0 Å². The third-order valence-corrected chi connectivity index (χ3v) is 6.66. The van der Waals surface area contributed by atoms with Gasteiger partial charge in [0, 0.05) is 25.4 Å². The number of nitrogens with zero attached hydrogens (tertiary/aromatic N) is 1. The molecule has 0 bridgehead atoms. The number of nitrogens with one attached hydrogen (secondary N) is 1. The van der Waals surface area contributed by atoms with Gasteiger partial charge in [0.05, 0.1) is 0 Å². The van der Waals surface area contributed by atoms with E-state index in [1.54, 1.807) is 18.7 Å². The summed E-state index contributed by atoms with van der Waals surface area (Å²) in [5, 5.41) is 11.7. The van der Waals surface area contributed by atoms with E-state index in [2.05, 4.69) is 29.6 Å². The predicted octanol–water partition coefficient (Wildman–Crippen LogP) is 4.02. The number of carboxylic acid groups (broad SMARTS) is 1. The third-order valence-electron chi connectivity index (χ3n) is 6.66. The monoisotopic (exact) mass is 450 g/mol. The second-order valence-corrected chi connectivity index (χ2v) is 9.41. The van der Waals surface area contributed by atoms with Gasteiger partial charge in [-0.05, 0) is 54.9 Å². The van der Waals surface area contributed by atoms with Crippen molar-refractivity contribution in [2.45, 2.75) is 44.6 Å². The molecule has 2 N–H and O–H groups in total. The Bertz CT molecular complexity index is 1010. The number of piperidine rings is 1. The fourth-order valence-electron chi connectivity index (χ4n) is 4.93. The first kappa shape index (κ1) is 22.8. The largest absolute Gasteiger partial charge is 0.481 e. The molecule has 2 aromatic rings. The Labute approximate surface area is 193 Å². The molecular formula is C26H30N2O5. The topological polar surface area (TPSA) is 95.9 Å². The van der Waals surface area contributed by atoms with Crippen molar-refractivity contribution in [3.63, 3.8) is 0 Å². The molecule has 1 saturated heterocycles. The highest BCUT2D eigenvalue weighted by molar-refractivity contribution is 5.89. The molecule has 0 saturated carbocycles. The molecule has 174 valence electrons. The average molecular weight is 451 g/mol. The lowest BCUT2D eigenvalue weighted by atomic mass is 9.92. The van der Waals surface area contributed by atoms with E-state index < -0.39 is 17.6 Å². The van der Waals surface area contributed by atoms with Gasteiger partial charge in [-0.1, -0.05) is 48.5 Å². The summed E-state index contributed by atoms with van der Waals surface area (Å²) in [7, 11) is 0. The zero-order valence-electron chi connectivity index (χ0n) is 19.0. The van der Waals surface area contributed by atoms with Crippen LogP contribution in [0, 0.1) is 5.92 Å². The van der Waals surface area contributed by atoms with Crippen LogP contribution in [0.3, 0.4) is 0 Å². The van der Waals surface area contributed by atoms with Gasteiger partial charge in [0.25, 0.3) is 0 Å². The number of hydrogen-bond acceptors (Lipinski definition) is 4. The first-order chi connectivity index (χ1) is 15.8. The van der Waals surface area contributed by atoms with Crippen LogP contribution in [-0.4, -0.2) is 53.2 Å². The maximum atomic E-state index is 13.0. The van der Waals surface area contributed by atoms with Crippen LogP contribution in [0.5, 0.6) is 0 Å². The summed E-state index contributed by atoms with van der Waals surface area (Å²) in [6.07, 6.45) is 0.803. The van der Waals surface area contributed by atoms with Crippen LogP contribution in [-0.2, 0) is 14.3 Å². The number of carbonyl (C=O) groups excluding carboxylic acids is 2. The Balaban J connectivity index is 1.34. The molecule has 0 spiro atoms. The minimum Gasteiger partial charge on any atom is -0.481 e. The molecule has 0 radical (unpaired) electrons. The van der Waals surface area contributed by atoms with E-state index in [9.17, 15) is 14.4 Å². The molecule has 2 aromatic carbocycles. The summed E-state index contributed by atoms with van der Waals surface area (Å²) >= 11 is 0. The number of benzene rings is 2. The summed E-state index contributed by atoms with van der Waals surface area (Å²) < 4.78 is 5.59. The standard InChI is InChI=1S/C26H30N2O5/c1-26(2,24(31)28-13-11-17(12-14-28)15-23(29)30)27-25(32)33-16-22-20-9-5-3-7-18(20)19-8-4-6-10-21(19)22/h3-10,17,22H,11-16H2,1-2H3,(H,27,32)(H,29,30). The molecule has 33 heavy (non-hydrogen) atoms. The highest BCUT2D eigenvalue weighted by Crippen LogP contribution is 2.44. The number of aliphatic carboxylic acids is 1. The first-order valence-electron chi connectivity index (χ1n) is 11.4. The summed E-state index contributed by atoms with van der Waals surface area (Å²) in [6, 6.07) is 16.3. The zero-order chi connectivity index (χ0) is 23.6. The molecule has 0 aromatic heterocycles. The van der Waals surface area contributed by atoms with Gasteiger partial charge in [-0.2, -0.15) is 0 Å². The predicted molar refractivity (Wildman–Crippen MR) is 124 cm³/mol. The number of alkyl carbamates (subject to hydrolysis) is 1. The second-order valence-electron chi connectivity index (χ2n) is 9.41. The van der Waals surface area contributed by atoms with Gasteiger partial charge < -0.3 is 20.1 Å². The van der Waals surface area contributed by atoms with Crippen molar-refractivity contribution in [3.8, 4) is 11.1 Å². The molecule has 1 fully saturated rings.